The van der Waals surface area contributed by atoms with Crippen molar-refractivity contribution >= 4 is 17.5 Å². The molecule has 124 valence electrons. The Morgan fingerprint density at radius 3 is 2.25 bits per heavy atom. The Labute approximate surface area is 142 Å². The average molecular weight is 322 g/mol. The molecule has 2 aromatic rings. The normalized spacial score (nSPS) is 14.7. The van der Waals surface area contributed by atoms with Crippen LogP contribution in [0.5, 0.6) is 0 Å². The summed E-state index contributed by atoms with van der Waals surface area (Å²) in [6.45, 7) is 2.76. The van der Waals surface area contributed by atoms with Crippen molar-refractivity contribution in [1.29, 1.82) is 0 Å². The second kappa shape index (κ2) is 6.87. The van der Waals surface area contributed by atoms with Crippen LogP contribution in [-0.4, -0.2) is 18.4 Å². The van der Waals surface area contributed by atoms with E-state index in [1.807, 2.05) is 49.4 Å². The lowest BCUT2D eigenvalue weighted by Crippen LogP contribution is -2.35. The number of anilines is 1. The van der Waals surface area contributed by atoms with Crippen LogP contribution in [0.15, 0.2) is 54.6 Å². The summed E-state index contributed by atoms with van der Waals surface area (Å²) in [4.78, 5) is 24.5. The van der Waals surface area contributed by atoms with Gasteiger partial charge in [-0.25, -0.2) is 0 Å². The van der Waals surface area contributed by atoms with E-state index in [9.17, 15) is 9.59 Å². The van der Waals surface area contributed by atoms with E-state index in [-0.39, 0.29) is 17.2 Å². The third-order valence-corrected chi connectivity index (χ3v) is 4.45. The molecular formula is C20H22N2O2. The Bertz CT molecular complexity index is 719. The standard InChI is InChI=1S/C20H22N2O2/c1-2-14-21-19(24)20(12-13-20)16-8-10-17(11-9-16)22-18(23)15-6-4-3-5-7-15/h3-11H,2,12-14H2,1H3,(H,21,24)(H,22,23). The largest absolute Gasteiger partial charge is 0.355 e. The third-order valence-electron chi connectivity index (χ3n) is 4.45. The molecule has 1 aliphatic rings. The molecule has 3 rings (SSSR count). The zero-order valence-electron chi connectivity index (χ0n) is 13.8. The number of hydrogen-bond donors (Lipinski definition) is 2. The second-order valence-electron chi connectivity index (χ2n) is 6.24. The molecule has 0 aromatic heterocycles. The Kier molecular flexibility index (Phi) is 4.65. The van der Waals surface area contributed by atoms with Gasteiger partial charge in [0, 0.05) is 17.8 Å². The molecule has 1 saturated carbocycles. The Hall–Kier alpha value is -2.62. The van der Waals surface area contributed by atoms with Crippen LogP contribution in [-0.2, 0) is 10.2 Å². The van der Waals surface area contributed by atoms with Crippen molar-refractivity contribution in [1.82, 2.24) is 5.32 Å². The van der Waals surface area contributed by atoms with Crippen molar-refractivity contribution < 1.29 is 9.59 Å². The lowest BCUT2D eigenvalue weighted by atomic mass is 9.94. The summed E-state index contributed by atoms with van der Waals surface area (Å²) in [6, 6.07) is 16.7. The summed E-state index contributed by atoms with van der Waals surface area (Å²) >= 11 is 0. The molecule has 0 radical (unpaired) electrons. The van der Waals surface area contributed by atoms with E-state index in [2.05, 4.69) is 10.6 Å². The maximum absolute atomic E-state index is 12.4. The van der Waals surface area contributed by atoms with Crippen molar-refractivity contribution in [2.75, 3.05) is 11.9 Å². The van der Waals surface area contributed by atoms with Crippen molar-refractivity contribution in [2.24, 2.45) is 0 Å². The third kappa shape index (κ3) is 3.32. The van der Waals surface area contributed by atoms with E-state index < -0.39 is 0 Å². The van der Waals surface area contributed by atoms with Crippen LogP contribution in [0.25, 0.3) is 0 Å². The molecule has 4 heteroatoms. The first-order valence-electron chi connectivity index (χ1n) is 8.41. The highest BCUT2D eigenvalue weighted by atomic mass is 16.2. The molecule has 0 spiro atoms. The number of rotatable bonds is 6. The monoisotopic (exact) mass is 322 g/mol. The lowest BCUT2D eigenvalue weighted by Gasteiger charge is -2.16. The van der Waals surface area contributed by atoms with Gasteiger partial charge in [0.15, 0.2) is 0 Å². The first kappa shape index (κ1) is 16.2. The second-order valence-corrected chi connectivity index (χ2v) is 6.24. The number of carbonyl (C=O) groups is 2. The quantitative estimate of drug-likeness (QED) is 0.855. The lowest BCUT2D eigenvalue weighted by molar-refractivity contribution is -0.123. The predicted molar refractivity (Wildman–Crippen MR) is 95.0 cm³/mol. The Morgan fingerprint density at radius 1 is 1.00 bits per heavy atom. The molecule has 0 heterocycles. The molecular weight excluding hydrogens is 300 g/mol. The van der Waals surface area contributed by atoms with E-state index in [4.69, 9.17) is 0 Å². The number of benzene rings is 2. The fourth-order valence-electron chi connectivity index (χ4n) is 2.84. The highest BCUT2D eigenvalue weighted by Gasteiger charge is 2.50. The molecule has 1 fully saturated rings. The fourth-order valence-corrected chi connectivity index (χ4v) is 2.84. The highest BCUT2D eigenvalue weighted by molar-refractivity contribution is 6.04. The van der Waals surface area contributed by atoms with Gasteiger partial charge in [0.25, 0.3) is 5.91 Å². The molecule has 4 nitrogen and oxygen atoms in total. The van der Waals surface area contributed by atoms with Crippen LogP contribution in [0, 0.1) is 0 Å². The first-order valence-corrected chi connectivity index (χ1v) is 8.41. The van der Waals surface area contributed by atoms with Gasteiger partial charge in [-0.3, -0.25) is 9.59 Å². The van der Waals surface area contributed by atoms with Gasteiger partial charge >= 0.3 is 0 Å². The zero-order chi connectivity index (χ0) is 17.0. The molecule has 2 N–H and O–H groups in total. The molecule has 2 aromatic carbocycles. The number of hydrogen-bond acceptors (Lipinski definition) is 2. The van der Waals surface area contributed by atoms with E-state index in [1.54, 1.807) is 12.1 Å². The fraction of sp³-hybridized carbons (Fsp3) is 0.300. The van der Waals surface area contributed by atoms with Crippen LogP contribution in [0.3, 0.4) is 0 Å². The molecule has 0 aliphatic heterocycles. The minimum absolute atomic E-state index is 0.116. The van der Waals surface area contributed by atoms with Gasteiger partial charge in [0.05, 0.1) is 5.41 Å². The number of nitrogens with one attached hydrogen (secondary N) is 2. The van der Waals surface area contributed by atoms with E-state index in [1.165, 1.54) is 0 Å². The molecule has 2 amide bonds. The van der Waals surface area contributed by atoms with Gasteiger partial charge in [-0.1, -0.05) is 37.3 Å². The van der Waals surface area contributed by atoms with Crippen LogP contribution in [0.4, 0.5) is 5.69 Å². The Balaban J connectivity index is 1.68. The minimum Gasteiger partial charge on any atom is -0.355 e. The SMILES string of the molecule is CCCNC(=O)C1(c2ccc(NC(=O)c3ccccc3)cc2)CC1. The zero-order valence-corrected chi connectivity index (χ0v) is 13.8. The number of amides is 2. The van der Waals surface area contributed by atoms with Crippen molar-refractivity contribution in [3.05, 3.63) is 65.7 Å². The molecule has 0 bridgehead atoms. The summed E-state index contributed by atoms with van der Waals surface area (Å²) in [5.74, 6) is -0.0180. The highest BCUT2D eigenvalue weighted by Crippen LogP contribution is 2.48. The van der Waals surface area contributed by atoms with Gasteiger partial charge in [-0.2, -0.15) is 0 Å². The van der Waals surface area contributed by atoms with Crippen molar-refractivity contribution in [3.63, 3.8) is 0 Å². The van der Waals surface area contributed by atoms with Gasteiger partial charge in [0.2, 0.25) is 5.91 Å². The van der Waals surface area contributed by atoms with Gasteiger partial charge in [0.1, 0.15) is 0 Å². The van der Waals surface area contributed by atoms with Crippen LogP contribution in [0.2, 0.25) is 0 Å². The molecule has 1 aliphatic carbocycles. The predicted octanol–water partition coefficient (Wildman–Crippen LogP) is 3.50. The van der Waals surface area contributed by atoms with Crippen molar-refractivity contribution in [2.45, 2.75) is 31.6 Å². The topological polar surface area (TPSA) is 58.2 Å². The van der Waals surface area contributed by atoms with Crippen molar-refractivity contribution in [3.8, 4) is 0 Å². The average Bonchev–Trinajstić information content (AvgIpc) is 3.43. The van der Waals surface area contributed by atoms with Gasteiger partial charge in [-0.05, 0) is 49.1 Å². The number of carbonyl (C=O) groups excluding carboxylic acids is 2. The van der Waals surface area contributed by atoms with E-state index in [0.29, 0.717) is 12.1 Å². The van der Waals surface area contributed by atoms with E-state index in [0.717, 1.165) is 30.5 Å². The van der Waals surface area contributed by atoms with Gasteiger partial charge in [-0.15, -0.1) is 0 Å². The van der Waals surface area contributed by atoms with E-state index >= 15 is 0 Å². The summed E-state index contributed by atoms with van der Waals surface area (Å²) < 4.78 is 0. The van der Waals surface area contributed by atoms with Crippen LogP contribution >= 0.6 is 0 Å². The molecule has 0 unspecified atom stereocenters. The summed E-state index contributed by atoms with van der Waals surface area (Å²) in [5, 5.41) is 5.87. The minimum atomic E-state index is -0.364. The Morgan fingerprint density at radius 2 is 1.67 bits per heavy atom. The smallest absolute Gasteiger partial charge is 0.255 e. The van der Waals surface area contributed by atoms with Crippen LogP contribution < -0.4 is 10.6 Å². The first-order chi connectivity index (χ1) is 11.7. The maximum atomic E-state index is 12.4. The molecule has 24 heavy (non-hydrogen) atoms. The maximum Gasteiger partial charge on any atom is 0.255 e. The molecule has 0 atom stereocenters. The van der Waals surface area contributed by atoms with Crippen LogP contribution in [0.1, 0.15) is 42.1 Å². The summed E-state index contributed by atoms with van der Waals surface area (Å²) in [6.07, 6.45) is 2.71. The van der Waals surface area contributed by atoms with Gasteiger partial charge < -0.3 is 10.6 Å². The molecule has 0 saturated heterocycles. The summed E-state index contributed by atoms with van der Waals surface area (Å²) in [5.41, 5.74) is 2.02. The summed E-state index contributed by atoms with van der Waals surface area (Å²) in [7, 11) is 0.